The summed E-state index contributed by atoms with van der Waals surface area (Å²) in [5.41, 5.74) is 0. The molecular formula is C74H144O17P2. The molecule has 0 aromatic carbocycles. The number of ether oxygens (including phenoxy) is 4. The summed E-state index contributed by atoms with van der Waals surface area (Å²) >= 11 is 0. The molecule has 93 heavy (non-hydrogen) atoms. The van der Waals surface area contributed by atoms with Gasteiger partial charge in [0.2, 0.25) is 0 Å². The van der Waals surface area contributed by atoms with Crippen LogP contribution < -0.4 is 0 Å². The minimum absolute atomic E-state index is 0.104. The first-order valence-electron chi connectivity index (χ1n) is 38.2. The van der Waals surface area contributed by atoms with Gasteiger partial charge in [-0.15, -0.1) is 0 Å². The van der Waals surface area contributed by atoms with Crippen LogP contribution in [0.15, 0.2) is 0 Å². The second kappa shape index (κ2) is 63.5. The van der Waals surface area contributed by atoms with Crippen LogP contribution in [0.1, 0.15) is 370 Å². The first kappa shape index (κ1) is 91.1. The molecular weight excluding hydrogens is 1220 g/mol. The molecule has 0 aliphatic rings. The molecule has 0 spiro atoms. The summed E-state index contributed by atoms with van der Waals surface area (Å²) in [7, 11) is -9.91. The molecule has 0 saturated heterocycles. The van der Waals surface area contributed by atoms with Crippen LogP contribution >= 0.6 is 15.6 Å². The van der Waals surface area contributed by atoms with Crippen molar-refractivity contribution in [2.75, 3.05) is 39.6 Å². The Balaban J connectivity index is 5.22. The lowest BCUT2D eigenvalue weighted by molar-refractivity contribution is -0.161. The Kier molecular flexibility index (Phi) is 62.2. The van der Waals surface area contributed by atoms with Gasteiger partial charge >= 0.3 is 39.5 Å². The number of unbranched alkanes of at least 4 members (excludes halogenated alkanes) is 37. The van der Waals surface area contributed by atoms with Crippen LogP contribution in [0.2, 0.25) is 0 Å². The summed E-state index contributed by atoms with van der Waals surface area (Å²) < 4.78 is 68.4. The Bertz CT molecular complexity index is 1830. The Labute approximate surface area is 568 Å². The Hall–Kier alpha value is -1.94. The van der Waals surface area contributed by atoms with Crippen molar-refractivity contribution in [2.24, 2.45) is 23.7 Å². The molecule has 19 heteroatoms. The van der Waals surface area contributed by atoms with E-state index < -0.39 is 97.5 Å². The molecule has 0 heterocycles. The van der Waals surface area contributed by atoms with E-state index in [0.717, 1.165) is 114 Å². The van der Waals surface area contributed by atoms with Crippen molar-refractivity contribution >= 4 is 39.5 Å². The Morgan fingerprint density at radius 3 is 0.667 bits per heavy atom. The average Bonchev–Trinajstić information content (AvgIpc) is 2.14. The van der Waals surface area contributed by atoms with Gasteiger partial charge in [-0.3, -0.25) is 37.3 Å². The zero-order valence-corrected chi connectivity index (χ0v) is 62.7. The van der Waals surface area contributed by atoms with Crippen LogP contribution in [0.4, 0.5) is 0 Å². The van der Waals surface area contributed by atoms with E-state index in [2.05, 4.69) is 55.4 Å². The largest absolute Gasteiger partial charge is 0.472 e. The normalized spacial score (nSPS) is 14.2. The van der Waals surface area contributed by atoms with Gasteiger partial charge in [0.25, 0.3) is 0 Å². The second-order valence-electron chi connectivity index (χ2n) is 28.6. The van der Waals surface area contributed by atoms with E-state index in [4.69, 9.17) is 37.0 Å². The average molecular weight is 1370 g/mol. The molecule has 3 unspecified atom stereocenters. The number of aliphatic hydroxyl groups excluding tert-OH is 1. The third-order valence-corrected chi connectivity index (χ3v) is 19.0. The maximum Gasteiger partial charge on any atom is 0.472 e. The van der Waals surface area contributed by atoms with Gasteiger partial charge in [0, 0.05) is 25.7 Å². The number of hydrogen-bond donors (Lipinski definition) is 3. The van der Waals surface area contributed by atoms with Crippen molar-refractivity contribution in [3.63, 3.8) is 0 Å². The highest BCUT2D eigenvalue weighted by atomic mass is 31.2. The number of hydrogen-bond acceptors (Lipinski definition) is 15. The number of esters is 4. The molecule has 0 radical (unpaired) electrons. The summed E-state index contributed by atoms with van der Waals surface area (Å²) in [6, 6.07) is 0. The van der Waals surface area contributed by atoms with Gasteiger partial charge in [-0.1, -0.05) is 319 Å². The minimum atomic E-state index is -4.96. The standard InChI is InChI=1S/C74H144O17P2/c1-64(2)50-42-34-26-18-15-13-11-9-10-12-14-16-20-32-40-48-56-73(78)90-69(60-84-71(76)54-46-38-30-24-22-28-36-44-52-66(5)6)62-88-92(80,81)86-58-68(75)59-87-93(82,83)89-63-70(61-85-72(77)55-47-39-31-25-23-29-37-45-53-67(7)8)91-74(79)57-49-41-33-21-17-19-27-35-43-51-65(3)4/h64-70,75H,9-63H2,1-8H3,(H,80,81)(H,82,83)/t68?,69-,70-/m1/s1. The number of phosphoric acid groups is 2. The monoisotopic (exact) mass is 1370 g/mol. The van der Waals surface area contributed by atoms with Crippen LogP contribution in [-0.4, -0.2) is 96.7 Å². The highest BCUT2D eigenvalue weighted by Crippen LogP contribution is 2.45. The van der Waals surface area contributed by atoms with Crippen LogP contribution in [-0.2, 0) is 65.4 Å². The molecule has 5 atom stereocenters. The molecule has 0 aliphatic heterocycles. The van der Waals surface area contributed by atoms with Gasteiger partial charge < -0.3 is 33.8 Å². The summed E-state index contributed by atoms with van der Waals surface area (Å²) in [5.74, 6) is 0.873. The molecule has 0 aromatic rings. The van der Waals surface area contributed by atoms with Gasteiger partial charge in [0.15, 0.2) is 12.2 Å². The highest BCUT2D eigenvalue weighted by Gasteiger charge is 2.30. The number of carbonyl (C=O) groups excluding carboxylic acids is 4. The lowest BCUT2D eigenvalue weighted by Gasteiger charge is -2.21. The Morgan fingerprint density at radius 1 is 0.269 bits per heavy atom. The molecule has 0 rings (SSSR count). The first-order chi connectivity index (χ1) is 44.6. The minimum Gasteiger partial charge on any atom is -0.462 e. The quantitative estimate of drug-likeness (QED) is 0.0222. The topological polar surface area (TPSA) is 237 Å². The van der Waals surface area contributed by atoms with E-state index in [0.29, 0.717) is 25.7 Å². The molecule has 552 valence electrons. The molecule has 0 aromatic heterocycles. The van der Waals surface area contributed by atoms with Crippen LogP contribution in [0.3, 0.4) is 0 Å². The highest BCUT2D eigenvalue weighted by molar-refractivity contribution is 7.47. The summed E-state index contributed by atoms with van der Waals surface area (Å²) in [6.45, 7) is 14.1. The lowest BCUT2D eigenvalue weighted by Crippen LogP contribution is -2.30. The van der Waals surface area contributed by atoms with Crippen molar-refractivity contribution in [2.45, 2.75) is 388 Å². The SMILES string of the molecule is CC(C)CCCCCCCCCCCCCCCCCCC(=O)O[C@H](COC(=O)CCCCCCCCCCC(C)C)COP(=O)(O)OCC(O)COP(=O)(O)OC[C@@H](COC(=O)CCCCCCCCCCC(C)C)OC(=O)CCCCCCCCCCCC(C)C. The van der Waals surface area contributed by atoms with Crippen molar-refractivity contribution in [1.29, 1.82) is 0 Å². The predicted molar refractivity (Wildman–Crippen MR) is 377 cm³/mol. The number of aliphatic hydroxyl groups is 1. The maximum absolute atomic E-state index is 13.1. The molecule has 0 saturated carbocycles. The zero-order chi connectivity index (χ0) is 68.9. The van der Waals surface area contributed by atoms with Crippen LogP contribution in [0.25, 0.3) is 0 Å². The third-order valence-electron chi connectivity index (χ3n) is 17.1. The summed E-state index contributed by atoms with van der Waals surface area (Å²) in [4.78, 5) is 72.7. The first-order valence-corrected chi connectivity index (χ1v) is 41.2. The Morgan fingerprint density at radius 2 is 0.452 bits per heavy atom. The fourth-order valence-electron chi connectivity index (χ4n) is 11.2. The molecule has 0 amide bonds. The lowest BCUT2D eigenvalue weighted by atomic mass is 10.0. The van der Waals surface area contributed by atoms with Crippen LogP contribution in [0, 0.1) is 23.7 Å². The van der Waals surface area contributed by atoms with Crippen molar-refractivity contribution in [1.82, 2.24) is 0 Å². The van der Waals surface area contributed by atoms with E-state index in [1.807, 2.05) is 0 Å². The van der Waals surface area contributed by atoms with Gasteiger partial charge in [-0.25, -0.2) is 9.13 Å². The fraction of sp³-hybridized carbons (Fsp3) is 0.946. The predicted octanol–water partition coefficient (Wildman–Crippen LogP) is 21.3. The van der Waals surface area contributed by atoms with Crippen molar-refractivity contribution in [3.8, 4) is 0 Å². The van der Waals surface area contributed by atoms with E-state index in [1.54, 1.807) is 0 Å². The fourth-order valence-corrected chi connectivity index (χ4v) is 12.8. The van der Waals surface area contributed by atoms with Gasteiger partial charge in [0.05, 0.1) is 26.4 Å². The smallest absolute Gasteiger partial charge is 0.462 e. The molecule has 3 N–H and O–H groups in total. The molecule has 0 bridgehead atoms. The van der Waals surface area contributed by atoms with E-state index in [9.17, 15) is 43.2 Å². The van der Waals surface area contributed by atoms with Gasteiger partial charge in [-0.05, 0) is 49.4 Å². The summed E-state index contributed by atoms with van der Waals surface area (Å²) in [5, 5.41) is 10.6. The van der Waals surface area contributed by atoms with Gasteiger partial charge in [-0.2, -0.15) is 0 Å². The van der Waals surface area contributed by atoms with Crippen LogP contribution in [0.5, 0.6) is 0 Å². The zero-order valence-electron chi connectivity index (χ0n) is 60.9. The van der Waals surface area contributed by atoms with Crippen molar-refractivity contribution in [3.05, 3.63) is 0 Å². The number of carbonyl (C=O) groups is 4. The maximum atomic E-state index is 13.1. The molecule has 0 aliphatic carbocycles. The number of phosphoric ester groups is 2. The van der Waals surface area contributed by atoms with Gasteiger partial charge in [0.1, 0.15) is 19.3 Å². The molecule has 17 nitrogen and oxygen atoms in total. The third kappa shape index (κ3) is 68.4. The van der Waals surface area contributed by atoms with Crippen molar-refractivity contribution < 1.29 is 80.2 Å². The molecule has 0 fully saturated rings. The van der Waals surface area contributed by atoms with E-state index >= 15 is 0 Å². The van der Waals surface area contributed by atoms with E-state index in [1.165, 1.54) is 173 Å². The second-order valence-corrected chi connectivity index (χ2v) is 31.5. The summed E-state index contributed by atoms with van der Waals surface area (Å²) in [6.07, 6.45) is 47.3. The van der Waals surface area contributed by atoms with E-state index in [-0.39, 0.29) is 25.7 Å². The number of rotatable bonds is 71.